The summed E-state index contributed by atoms with van der Waals surface area (Å²) in [6.45, 7) is 5.45. The second-order valence-electron chi connectivity index (χ2n) is 5.54. The van der Waals surface area contributed by atoms with Crippen LogP contribution in [0, 0.1) is 0 Å². The third kappa shape index (κ3) is 2.38. The van der Waals surface area contributed by atoms with Crippen LogP contribution in [0.15, 0.2) is 29.5 Å². The number of nitrogens with zero attached hydrogens (tertiary/aromatic N) is 2. The molecule has 1 aromatic rings. The predicted octanol–water partition coefficient (Wildman–Crippen LogP) is 1.68. The van der Waals surface area contributed by atoms with E-state index in [9.17, 15) is 9.59 Å². The van der Waals surface area contributed by atoms with Gasteiger partial charge in [0.05, 0.1) is 12.0 Å². The molecule has 1 spiro atoms. The van der Waals surface area contributed by atoms with Gasteiger partial charge in [0, 0.05) is 19.6 Å². The maximum atomic E-state index is 12.5. The van der Waals surface area contributed by atoms with Crippen molar-refractivity contribution in [2.24, 2.45) is 0 Å². The van der Waals surface area contributed by atoms with Gasteiger partial charge in [-0.25, -0.2) is 0 Å². The summed E-state index contributed by atoms with van der Waals surface area (Å²) in [7, 11) is 0. The van der Waals surface area contributed by atoms with E-state index in [1.165, 1.54) is 6.08 Å². The smallest absolute Gasteiger partial charge is 0.246 e. The second kappa shape index (κ2) is 5.05. The highest BCUT2D eigenvalue weighted by Crippen LogP contribution is 2.44. The SMILES string of the molecule is C=CC(=O)N1CCN(C(=O)Cc2ccsc2)C2(CC2)C1. The van der Waals surface area contributed by atoms with Crippen molar-refractivity contribution in [3.63, 3.8) is 0 Å². The van der Waals surface area contributed by atoms with Crippen LogP contribution in [0.25, 0.3) is 0 Å². The molecule has 0 N–H and O–H groups in total. The highest BCUT2D eigenvalue weighted by molar-refractivity contribution is 7.07. The molecule has 1 aromatic heterocycles. The molecule has 0 bridgehead atoms. The number of hydrogen-bond donors (Lipinski definition) is 0. The molecule has 2 amide bonds. The van der Waals surface area contributed by atoms with Crippen LogP contribution in [0.4, 0.5) is 0 Å². The zero-order chi connectivity index (χ0) is 14.2. The Labute approximate surface area is 122 Å². The third-order valence-corrected chi connectivity index (χ3v) is 4.93. The summed E-state index contributed by atoms with van der Waals surface area (Å²) in [6, 6.07) is 2.00. The Hall–Kier alpha value is -1.62. The van der Waals surface area contributed by atoms with Gasteiger partial charge >= 0.3 is 0 Å². The van der Waals surface area contributed by atoms with E-state index in [1.807, 2.05) is 26.6 Å². The van der Waals surface area contributed by atoms with Crippen LogP contribution in [-0.2, 0) is 16.0 Å². The molecule has 2 heterocycles. The first-order valence-corrected chi connectivity index (χ1v) is 7.82. The first-order chi connectivity index (χ1) is 9.64. The van der Waals surface area contributed by atoms with E-state index < -0.39 is 0 Å². The minimum atomic E-state index is -0.0932. The van der Waals surface area contributed by atoms with Crippen molar-refractivity contribution >= 4 is 23.2 Å². The number of rotatable bonds is 3. The molecule has 1 aliphatic carbocycles. The van der Waals surface area contributed by atoms with E-state index in [0.29, 0.717) is 26.1 Å². The molecule has 0 radical (unpaired) electrons. The second-order valence-corrected chi connectivity index (χ2v) is 6.32. The molecule has 1 saturated heterocycles. The van der Waals surface area contributed by atoms with Crippen molar-refractivity contribution in [1.82, 2.24) is 9.80 Å². The highest BCUT2D eigenvalue weighted by atomic mass is 32.1. The molecule has 4 nitrogen and oxygen atoms in total. The van der Waals surface area contributed by atoms with E-state index in [4.69, 9.17) is 0 Å². The van der Waals surface area contributed by atoms with Crippen molar-refractivity contribution in [3.05, 3.63) is 35.0 Å². The summed E-state index contributed by atoms with van der Waals surface area (Å²) < 4.78 is 0. The lowest BCUT2D eigenvalue weighted by atomic mass is 10.1. The van der Waals surface area contributed by atoms with Crippen molar-refractivity contribution < 1.29 is 9.59 Å². The van der Waals surface area contributed by atoms with E-state index in [0.717, 1.165) is 18.4 Å². The first-order valence-electron chi connectivity index (χ1n) is 6.87. The maximum absolute atomic E-state index is 12.5. The topological polar surface area (TPSA) is 40.6 Å². The Morgan fingerprint density at radius 1 is 1.40 bits per heavy atom. The number of hydrogen-bond acceptors (Lipinski definition) is 3. The van der Waals surface area contributed by atoms with E-state index in [2.05, 4.69) is 6.58 Å². The summed E-state index contributed by atoms with van der Waals surface area (Å²) in [5, 5.41) is 4.02. The summed E-state index contributed by atoms with van der Waals surface area (Å²) in [5.41, 5.74) is 0.990. The fourth-order valence-corrected chi connectivity index (χ4v) is 3.59. The van der Waals surface area contributed by atoms with Crippen LogP contribution < -0.4 is 0 Å². The van der Waals surface area contributed by atoms with Crippen LogP contribution in [0.5, 0.6) is 0 Å². The molecule has 0 unspecified atom stereocenters. The van der Waals surface area contributed by atoms with Gasteiger partial charge in [0.2, 0.25) is 11.8 Å². The van der Waals surface area contributed by atoms with Crippen molar-refractivity contribution in [2.45, 2.75) is 24.8 Å². The van der Waals surface area contributed by atoms with Gasteiger partial charge in [0.15, 0.2) is 0 Å². The first kappa shape index (κ1) is 13.4. The molecule has 20 heavy (non-hydrogen) atoms. The number of piperazine rings is 1. The summed E-state index contributed by atoms with van der Waals surface area (Å²) in [4.78, 5) is 28.0. The van der Waals surface area contributed by atoms with Crippen molar-refractivity contribution in [3.8, 4) is 0 Å². The number of carbonyl (C=O) groups excluding carboxylic acids is 2. The predicted molar refractivity (Wildman–Crippen MR) is 78.5 cm³/mol. The van der Waals surface area contributed by atoms with Gasteiger partial charge in [-0.1, -0.05) is 6.58 Å². The average molecular weight is 290 g/mol. The minimum absolute atomic E-state index is 0.0267. The quantitative estimate of drug-likeness (QED) is 0.795. The molecular formula is C15H18N2O2S. The Morgan fingerprint density at radius 2 is 2.20 bits per heavy atom. The van der Waals surface area contributed by atoms with E-state index in [1.54, 1.807) is 11.3 Å². The molecule has 3 rings (SSSR count). The molecule has 0 atom stereocenters. The van der Waals surface area contributed by atoms with Crippen LogP contribution in [0.1, 0.15) is 18.4 Å². The van der Waals surface area contributed by atoms with Gasteiger partial charge in [-0.2, -0.15) is 11.3 Å². The number of carbonyl (C=O) groups is 2. The Bertz CT molecular complexity index is 534. The molecule has 106 valence electrons. The molecule has 1 aliphatic heterocycles. The van der Waals surface area contributed by atoms with Crippen molar-refractivity contribution in [1.29, 1.82) is 0 Å². The molecular weight excluding hydrogens is 272 g/mol. The molecule has 2 aliphatic rings. The number of thiophene rings is 1. The molecule has 1 saturated carbocycles. The normalized spacial score (nSPS) is 20.0. The Balaban J connectivity index is 1.68. The summed E-state index contributed by atoms with van der Waals surface area (Å²) in [5.74, 6) is 0.160. The Morgan fingerprint density at radius 3 is 2.80 bits per heavy atom. The molecule has 5 heteroatoms. The fourth-order valence-electron chi connectivity index (χ4n) is 2.92. The van der Waals surface area contributed by atoms with Gasteiger partial charge in [-0.05, 0) is 41.3 Å². The van der Waals surface area contributed by atoms with Gasteiger partial charge in [0.25, 0.3) is 0 Å². The molecule has 2 fully saturated rings. The lowest BCUT2D eigenvalue weighted by Crippen LogP contribution is -2.58. The van der Waals surface area contributed by atoms with Gasteiger partial charge in [-0.3, -0.25) is 9.59 Å². The largest absolute Gasteiger partial charge is 0.335 e. The average Bonchev–Trinajstić information content (AvgIpc) is 3.01. The monoisotopic (exact) mass is 290 g/mol. The van der Waals surface area contributed by atoms with Crippen molar-refractivity contribution in [2.75, 3.05) is 19.6 Å². The standard InChI is InChI=1S/C15H18N2O2S/c1-2-13(18)16-6-7-17(15(11-16)4-5-15)14(19)9-12-3-8-20-10-12/h2-3,8,10H,1,4-7,9,11H2. The zero-order valence-corrected chi connectivity index (χ0v) is 12.2. The third-order valence-electron chi connectivity index (χ3n) is 4.20. The minimum Gasteiger partial charge on any atom is -0.335 e. The summed E-state index contributed by atoms with van der Waals surface area (Å²) in [6.07, 6.45) is 3.84. The van der Waals surface area contributed by atoms with Gasteiger partial charge < -0.3 is 9.80 Å². The van der Waals surface area contributed by atoms with Crippen LogP contribution >= 0.6 is 11.3 Å². The lowest BCUT2D eigenvalue weighted by Gasteiger charge is -2.42. The Kier molecular flexibility index (Phi) is 3.38. The summed E-state index contributed by atoms with van der Waals surface area (Å²) >= 11 is 1.62. The number of amides is 2. The lowest BCUT2D eigenvalue weighted by molar-refractivity contribution is -0.141. The van der Waals surface area contributed by atoms with E-state index >= 15 is 0 Å². The zero-order valence-electron chi connectivity index (χ0n) is 11.4. The fraction of sp³-hybridized carbons (Fsp3) is 0.467. The maximum Gasteiger partial charge on any atom is 0.246 e. The van der Waals surface area contributed by atoms with Gasteiger partial charge in [-0.15, -0.1) is 0 Å². The van der Waals surface area contributed by atoms with Gasteiger partial charge in [0.1, 0.15) is 0 Å². The van der Waals surface area contributed by atoms with Crippen LogP contribution in [0.2, 0.25) is 0 Å². The van der Waals surface area contributed by atoms with Crippen LogP contribution in [-0.4, -0.2) is 46.8 Å². The highest BCUT2D eigenvalue weighted by Gasteiger charge is 2.53. The molecule has 0 aromatic carbocycles. The van der Waals surface area contributed by atoms with Crippen LogP contribution in [0.3, 0.4) is 0 Å². The van der Waals surface area contributed by atoms with E-state index in [-0.39, 0.29) is 17.4 Å².